The summed E-state index contributed by atoms with van der Waals surface area (Å²) in [7, 11) is 0. The Morgan fingerprint density at radius 3 is 2.62 bits per heavy atom. The molecule has 5 nitrogen and oxygen atoms in total. The maximum atomic E-state index is 11.5. The van der Waals surface area contributed by atoms with Gasteiger partial charge in [-0.25, -0.2) is 4.79 Å². The van der Waals surface area contributed by atoms with Crippen LogP contribution in [0.5, 0.6) is 0 Å². The number of carboxylic acids is 1. The quantitative estimate of drug-likeness (QED) is 0.727. The highest BCUT2D eigenvalue weighted by molar-refractivity contribution is 5.81. The van der Waals surface area contributed by atoms with Crippen molar-refractivity contribution >= 4 is 12.4 Å². The number of amides is 1. The van der Waals surface area contributed by atoms with Gasteiger partial charge in [-0.2, -0.15) is 0 Å². The maximum absolute atomic E-state index is 11.5. The van der Waals surface area contributed by atoms with Crippen LogP contribution in [-0.2, 0) is 14.3 Å². The molecule has 16 heavy (non-hydrogen) atoms. The molecular formula is C11H19NO4. The SMILES string of the molecule is CC(C)N(C=O)C1(C(=O)O)CCCOCC1. The van der Waals surface area contributed by atoms with E-state index in [-0.39, 0.29) is 6.04 Å². The van der Waals surface area contributed by atoms with Crippen LogP contribution in [0.4, 0.5) is 0 Å². The van der Waals surface area contributed by atoms with Crippen LogP contribution in [0.25, 0.3) is 0 Å². The molecule has 1 heterocycles. The average molecular weight is 229 g/mol. The van der Waals surface area contributed by atoms with Gasteiger partial charge in [0.2, 0.25) is 6.41 Å². The molecular weight excluding hydrogens is 210 g/mol. The van der Waals surface area contributed by atoms with Crippen LogP contribution >= 0.6 is 0 Å². The van der Waals surface area contributed by atoms with Crippen LogP contribution in [-0.4, -0.2) is 47.2 Å². The molecule has 0 aromatic carbocycles. The van der Waals surface area contributed by atoms with E-state index in [1.165, 1.54) is 4.90 Å². The summed E-state index contributed by atoms with van der Waals surface area (Å²) < 4.78 is 5.27. The molecule has 0 aromatic rings. The Morgan fingerprint density at radius 2 is 2.12 bits per heavy atom. The van der Waals surface area contributed by atoms with Crippen LogP contribution in [0.1, 0.15) is 33.1 Å². The van der Waals surface area contributed by atoms with Gasteiger partial charge in [0, 0.05) is 25.7 Å². The van der Waals surface area contributed by atoms with Crippen molar-refractivity contribution in [1.82, 2.24) is 4.90 Å². The number of hydrogen-bond acceptors (Lipinski definition) is 3. The number of rotatable bonds is 4. The number of carbonyl (C=O) groups excluding carboxylic acids is 1. The third-order valence-corrected chi connectivity index (χ3v) is 3.10. The van der Waals surface area contributed by atoms with E-state index in [0.29, 0.717) is 38.9 Å². The van der Waals surface area contributed by atoms with E-state index in [4.69, 9.17) is 4.74 Å². The average Bonchev–Trinajstić information content (AvgIpc) is 2.45. The molecule has 1 rings (SSSR count). The second kappa shape index (κ2) is 5.30. The highest BCUT2D eigenvalue weighted by Gasteiger charge is 2.45. The van der Waals surface area contributed by atoms with Crippen molar-refractivity contribution in [3.8, 4) is 0 Å². The Hall–Kier alpha value is -1.10. The third kappa shape index (κ3) is 2.35. The van der Waals surface area contributed by atoms with Crippen molar-refractivity contribution < 1.29 is 19.4 Å². The summed E-state index contributed by atoms with van der Waals surface area (Å²) in [4.78, 5) is 24.0. The van der Waals surface area contributed by atoms with Gasteiger partial charge >= 0.3 is 5.97 Å². The molecule has 0 bridgehead atoms. The smallest absolute Gasteiger partial charge is 0.329 e. The van der Waals surface area contributed by atoms with Gasteiger partial charge in [0.25, 0.3) is 0 Å². The molecule has 1 fully saturated rings. The van der Waals surface area contributed by atoms with Crippen LogP contribution in [0.15, 0.2) is 0 Å². The second-order valence-electron chi connectivity index (χ2n) is 4.41. The number of aliphatic carboxylic acids is 1. The van der Waals surface area contributed by atoms with Crippen LogP contribution < -0.4 is 0 Å². The number of carboxylic acid groups (broad SMARTS) is 1. The Bertz CT molecular complexity index is 257. The largest absolute Gasteiger partial charge is 0.479 e. The molecule has 0 spiro atoms. The zero-order valence-electron chi connectivity index (χ0n) is 9.81. The lowest BCUT2D eigenvalue weighted by Crippen LogP contribution is -2.57. The fourth-order valence-electron chi connectivity index (χ4n) is 2.23. The number of carbonyl (C=O) groups is 2. The first-order chi connectivity index (χ1) is 7.54. The predicted molar refractivity (Wildman–Crippen MR) is 58.1 cm³/mol. The summed E-state index contributed by atoms with van der Waals surface area (Å²) in [6, 6.07) is -0.119. The van der Waals surface area contributed by atoms with E-state index >= 15 is 0 Å². The number of nitrogens with zero attached hydrogens (tertiary/aromatic N) is 1. The van der Waals surface area contributed by atoms with Crippen molar-refractivity contribution in [1.29, 1.82) is 0 Å². The molecule has 1 aliphatic heterocycles. The van der Waals surface area contributed by atoms with Crippen molar-refractivity contribution in [2.75, 3.05) is 13.2 Å². The van der Waals surface area contributed by atoms with Gasteiger partial charge in [-0.15, -0.1) is 0 Å². The third-order valence-electron chi connectivity index (χ3n) is 3.10. The molecule has 0 aromatic heterocycles. The fourth-order valence-corrected chi connectivity index (χ4v) is 2.23. The standard InChI is InChI=1S/C11H19NO4/c1-9(2)12(8-13)11(10(14)15)4-3-6-16-7-5-11/h8-9H,3-7H2,1-2H3,(H,14,15). The zero-order valence-corrected chi connectivity index (χ0v) is 9.81. The molecule has 92 valence electrons. The van der Waals surface area contributed by atoms with Crippen molar-refractivity contribution in [2.45, 2.75) is 44.7 Å². The number of ether oxygens (including phenoxy) is 1. The van der Waals surface area contributed by atoms with Gasteiger partial charge in [-0.3, -0.25) is 4.79 Å². The van der Waals surface area contributed by atoms with Gasteiger partial charge < -0.3 is 14.7 Å². The summed E-state index contributed by atoms with van der Waals surface area (Å²) in [6.45, 7) is 4.61. The minimum Gasteiger partial charge on any atom is -0.479 e. The first-order valence-corrected chi connectivity index (χ1v) is 5.59. The van der Waals surface area contributed by atoms with Crippen molar-refractivity contribution in [3.05, 3.63) is 0 Å². The molecule has 0 saturated carbocycles. The summed E-state index contributed by atoms with van der Waals surface area (Å²) in [6.07, 6.45) is 2.13. The lowest BCUT2D eigenvalue weighted by molar-refractivity contribution is -0.158. The van der Waals surface area contributed by atoms with Gasteiger partial charge in [0.15, 0.2) is 0 Å². The Kier molecular flexibility index (Phi) is 4.29. The first-order valence-electron chi connectivity index (χ1n) is 5.59. The lowest BCUT2D eigenvalue weighted by Gasteiger charge is -2.40. The number of hydrogen-bond donors (Lipinski definition) is 1. The van der Waals surface area contributed by atoms with Crippen molar-refractivity contribution in [2.24, 2.45) is 0 Å². The van der Waals surface area contributed by atoms with Crippen LogP contribution in [0.2, 0.25) is 0 Å². The Labute approximate surface area is 95.4 Å². The van der Waals surface area contributed by atoms with E-state index in [1.54, 1.807) is 0 Å². The zero-order chi connectivity index (χ0) is 12.2. The van der Waals surface area contributed by atoms with Gasteiger partial charge in [-0.1, -0.05) is 0 Å². The topological polar surface area (TPSA) is 66.8 Å². The summed E-state index contributed by atoms with van der Waals surface area (Å²) >= 11 is 0. The van der Waals surface area contributed by atoms with Crippen LogP contribution in [0, 0.1) is 0 Å². The fraction of sp³-hybridized carbons (Fsp3) is 0.818. The van der Waals surface area contributed by atoms with E-state index in [0.717, 1.165) is 0 Å². The molecule has 5 heteroatoms. The van der Waals surface area contributed by atoms with Crippen LogP contribution in [0.3, 0.4) is 0 Å². The highest BCUT2D eigenvalue weighted by atomic mass is 16.5. The molecule has 1 unspecified atom stereocenters. The molecule has 0 radical (unpaired) electrons. The molecule has 1 amide bonds. The Morgan fingerprint density at radius 1 is 1.44 bits per heavy atom. The lowest BCUT2D eigenvalue weighted by atomic mass is 9.88. The molecule has 1 N–H and O–H groups in total. The Balaban J connectivity index is 3.01. The minimum absolute atomic E-state index is 0.119. The maximum Gasteiger partial charge on any atom is 0.329 e. The molecule has 1 saturated heterocycles. The molecule has 1 atom stereocenters. The summed E-state index contributed by atoms with van der Waals surface area (Å²) in [5.41, 5.74) is -1.09. The predicted octanol–water partition coefficient (Wildman–Crippen LogP) is 0.877. The van der Waals surface area contributed by atoms with Gasteiger partial charge in [0.05, 0.1) is 0 Å². The highest BCUT2D eigenvalue weighted by Crippen LogP contribution is 2.29. The monoisotopic (exact) mass is 229 g/mol. The minimum atomic E-state index is -1.09. The van der Waals surface area contributed by atoms with E-state index in [2.05, 4.69) is 0 Å². The second-order valence-corrected chi connectivity index (χ2v) is 4.41. The molecule has 0 aliphatic carbocycles. The summed E-state index contributed by atoms with van der Waals surface area (Å²) in [5, 5.41) is 9.41. The van der Waals surface area contributed by atoms with E-state index in [1.807, 2.05) is 13.8 Å². The van der Waals surface area contributed by atoms with Gasteiger partial charge in [-0.05, 0) is 26.7 Å². The first kappa shape index (κ1) is 13.0. The van der Waals surface area contributed by atoms with E-state index < -0.39 is 11.5 Å². The van der Waals surface area contributed by atoms with Crippen molar-refractivity contribution in [3.63, 3.8) is 0 Å². The molecule has 1 aliphatic rings. The van der Waals surface area contributed by atoms with Gasteiger partial charge in [0.1, 0.15) is 5.54 Å². The summed E-state index contributed by atoms with van der Waals surface area (Å²) in [5.74, 6) is -0.932. The van der Waals surface area contributed by atoms with E-state index in [9.17, 15) is 14.7 Å². The normalized spacial score (nSPS) is 26.2.